The van der Waals surface area contributed by atoms with E-state index in [0.29, 0.717) is 19.1 Å². The quantitative estimate of drug-likeness (QED) is 0.402. The highest BCUT2D eigenvalue weighted by molar-refractivity contribution is 8.01. The van der Waals surface area contributed by atoms with Crippen LogP contribution in [0, 0.1) is 10.1 Å². The van der Waals surface area contributed by atoms with E-state index in [4.69, 9.17) is 27.9 Å². The summed E-state index contributed by atoms with van der Waals surface area (Å²) in [6, 6.07) is 6.24. The highest BCUT2D eigenvalue weighted by Crippen LogP contribution is 2.44. The van der Waals surface area contributed by atoms with Gasteiger partial charge in [-0.15, -0.1) is 11.3 Å². The number of nitro groups is 1. The molecule has 0 saturated heterocycles. The minimum absolute atomic E-state index is 0.158. The van der Waals surface area contributed by atoms with Crippen LogP contribution in [-0.4, -0.2) is 17.5 Å². The molecule has 2 rings (SSSR count). The molecule has 2 aromatic rings. The Balaban J connectivity index is 2.39. The number of nitrogens with zero attached hydrogens (tertiary/aromatic N) is 1. The maximum atomic E-state index is 11.7. The van der Waals surface area contributed by atoms with E-state index >= 15 is 0 Å². The first-order chi connectivity index (χ1) is 10.4. The number of carbonyl (C=O) groups excluding carboxylic acids is 1. The first-order valence-electron chi connectivity index (χ1n) is 6.01. The van der Waals surface area contributed by atoms with Crippen molar-refractivity contribution in [2.45, 2.75) is 16.0 Å². The van der Waals surface area contributed by atoms with Crippen molar-refractivity contribution in [3.63, 3.8) is 0 Å². The number of hydrogen-bond donors (Lipinski definition) is 0. The molecule has 0 aliphatic rings. The van der Waals surface area contributed by atoms with Crippen molar-refractivity contribution in [1.29, 1.82) is 0 Å². The van der Waals surface area contributed by atoms with Gasteiger partial charge in [0, 0.05) is 11.0 Å². The van der Waals surface area contributed by atoms with Gasteiger partial charge in [0.25, 0.3) is 5.69 Å². The van der Waals surface area contributed by atoms with Crippen LogP contribution in [0.1, 0.15) is 16.6 Å². The van der Waals surface area contributed by atoms with Gasteiger partial charge < -0.3 is 4.74 Å². The van der Waals surface area contributed by atoms with Crippen LogP contribution in [0.25, 0.3) is 0 Å². The smallest absolute Gasteiger partial charge is 0.348 e. The summed E-state index contributed by atoms with van der Waals surface area (Å²) < 4.78 is 5.21. The van der Waals surface area contributed by atoms with E-state index in [-0.39, 0.29) is 17.2 Å². The lowest BCUT2D eigenvalue weighted by Gasteiger charge is -2.03. The second-order valence-corrected chi connectivity index (χ2v) is 7.06. The first-order valence-corrected chi connectivity index (χ1v) is 8.40. The van der Waals surface area contributed by atoms with Crippen LogP contribution in [0.3, 0.4) is 0 Å². The van der Waals surface area contributed by atoms with Gasteiger partial charge in [-0.2, -0.15) is 0 Å². The summed E-state index contributed by atoms with van der Waals surface area (Å²) in [5.41, 5.74) is -0.158. The van der Waals surface area contributed by atoms with E-state index < -0.39 is 10.9 Å². The van der Waals surface area contributed by atoms with Gasteiger partial charge >= 0.3 is 5.97 Å². The molecular weight excluding hydrogens is 369 g/mol. The Bertz CT molecular complexity index is 733. The lowest BCUT2D eigenvalue weighted by Crippen LogP contribution is -2.01. The Hall–Kier alpha value is -1.28. The SMILES string of the molecule is CCOC(=O)c1cc([N+](=O)[O-])c(Sc2cccc(Cl)c2Cl)s1. The summed E-state index contributed by atoms with van der Waals surface area (Å²) in [6.07, 6.45) is 0. The maximum absolute atomic E-state index is 11.7. The molecule has 22 heavy (non-hydrogen) atoms. The lowest BCUT2D eigenvalue weighted by molar-refractivity contribution is -0.387. The highest BCUT2D eigenvalue weighted by Gasteiger charge is 2.24. The largest absolute Gasteiger partial charge is 0.462 e. The Morgan fingerprint density at radius 3 is 2.82 bits per heavy atom. The van der Waals surface area contributed by atoms with Gasteiger partial charge in [-0.25, -0.2) is 4.79 Å². The van der Waals surface area contributed by atoms with Gasteiger partial charge in [0.2, 0.25) is 0 Å². The van der Waals surface area contributed by atoms with Crippen molar-refractivity contribution in [3.05, 3.63) is 49.3 Å². The summed E-state index contributed by atoms with van der Waals surface area (Å²) in [7, 11) is 0. The van der Waals surface area contributed by atoms with Gasteiger partial charge in [-0.05, 0) is 19.1 Å². The van der Waals surface area contributed by atoms with Gasteiger partial charge in [0.1, 0.15) is 9.09 Å². The van der Waals surface area contributed by atoms with Crippen molar-refractivity contribution in [1.82, 2.24) is 0 Å². The number of rotatable bonds is 5. The number of hydrogen-bond acceptors (Lipinski definition) is 6. The molecule has 0 spiro atoms. The average molecular weight is 378 g/mol. The molecule has 0 bridgehead atoms. The molecule has 9 heteroatoms. The molecule has 1 aromatic carbocycles. The van der Waals surface area contributed by atoms with Crippen LogP contribution >= 0.6 is 46.3 Å². The first kappa shape index (κ1) is 17.1. The van der Waals surface area contributed by atoms with E-state index in [1.165, 1.54) is 6.07 Å². The van der Waals surface area contributed by atoms with E-state index in [0.717, 1.165) is 23.1 Å². The van der Waals surface area contributed by atoms with Crippen molar-refractivity contribution >= 4 is 58.0 Å². The molecule has 0 atom stereocenters. The van der Waals surface area contributed by atoms with Gasteiger partial charge in [0.05, 0.1) is 21.6 Å². The minimum atomic E-state index is -0.584. The summed E-state index contributed by atoms with van der Waals surface area (Å²) in [5.74, 6) is -0.584. The van der Waals surface area contributed by atoms with Crippen LogP contribution in [0.4, 0.5) is 5.69 Å². The van der Waals surface area contributed by atoms with Crippen LogP contribution in [0.15, 0.2) is 33.4 Å². The second-order valence-electron chi connectivity index (χ2n) is 3.91. The number of ether oxygens (including phenoxy) is 1. The molecule has 0 N–H and O–H groups in total. The van der Waals surface area contributed by atoms with Gasteiger partial charge in [-0.3, -0.25) is 10.1 Å². The molecule has 1 heterocycles. The maximum Gasteiger partial charge on any atom is 0.348 e. The summed E-state index contributed by atoms with van der Waals surface area (Å²) in [4.78, 5) is 23.1. The molecule has 0 fully saturated rings. The summed E-state index contributed by atoms with van der Waals surface area (Å²) >= 11 is 14.1. The number of thiophene rings is 1. The second kappa shape index (κ2) is 7.32. The fraction of sp³-hybridized carbons (Fsp3) is 0.154. The molecule has 116 valence electrons. The molecule has 0 unspecified atom stereocenters. The third-order valence-corrected chi connectivity index (χ3v) is 5.76. The monoisotopic (exact) mass is 377 g/mol. The van der Waals surface area contributed by atoms with Crippen LogP contribution in [-0.2, 0) is 4.74 Å². The zero-order valence-corrected chi connectivity index (χ0v) is 14.3. The third-order valence-electron chi connectivity index (χ3n) is 2.47. The normalized spacial score (nSPS) is 10.5. The highest BCUT2D eigenvalue weighted by atomic mass is 35.5. The van der Waals surface area contributed by atoms with Crippen LogP contribution < -0.4 is 0 Å². The van der Waals surface area contributed by atoms with Crippen molar-refractivity contribution in [3.8, 4) is 0 Å². The zero-order chi connectivity index (χ0) is 16.3. The molecule has 0 aliphatic carbocycles. The van der Waals surface area contributed by atoms with E-state index in [1.54, 1.807) is 25.1 Å². The van der Waals surface area contributed by atoms with E-state index in [2.05, 4.69) is 0 Å². The molecule has 0 saturated carbocycles. The lowest BCUT2D eigenvalue weighted by atomic mass is 10.4. The Morgan fingerprint density at radius 1 is 1.45 bits per heavy atom. The predicted octanol–water partition coefficient (Wildman–Crippen LogP) is 5.29. The van der Waals surface area contributed by atoms with Crippen LogP contribution in [0.5, 0.6) is 0 Å². The Labute approximate surface area is 144 Å². The van der Waals surface area contributed by atoms with Crippen molar-refractivity contribution < 1.29 is 14.5 Å². The van der Waals surface area contributed by atoms with Crippen molar-refractivity contribution in [2.24, 2.45) is 0 Å². The van der Waals surface area contributed by atoms with Gasteiger partial charge in [-0.1, -0.05) is 41.0 Å². The van der Waals surface area contributed by atoms with E-state index in [1.807, 2.05) is 0 Å². The third kappa shape index (κ3) is 3.73. The summed E-state index contributed by atoms with van der Waals surface area (Å²) in [5, 5.41) is 11.8. The van der Waals surface area contributed by atoms with Crippen molar-refractivity contribution in [2.75, 3.05) is 6.61 Å². The molecular formula is C13H9Cl2NO4S2. The van der Waals surface area contributed by atoms with Crippen LogP contribution in [0.2, 0.25) is 10.0 Å². The standard InChI is InChI=1S/C13H9Cl2NO4S2/c1-2-20-12(17)10-6-8(16(18)19)13(22-10)21-9-5-3-4-7(14)11(9)15/h3-6H,2H2,1H3. The van der Waals surface area contributed by atoms with Gasteiger partial charge in [0.15, 0.2) is 0 Å². The molecule has 5 nitrogen and oxygen atoms in total. The minimum Gasteiger partial charge on any atom is -0.462 e. The Kier molecular flexibility index (Phi) is 5.69. The zero-order valence-electron chi connectivity index (χ0n) is 11.2. The average Bonchev–Trinajstić information content (AvgIpc) is 2.88. The topological polar surface area (TPSA) is 69.4 Å². The molecule has 0 aliphatic heterocycles. The number of carbonyl (C=O) groups is 1. The summed E-state index contributed by atoms with van der Waals surface area (Å²) in [6.45, 7) is 1.87. The fourth-order valence-corrected chi connectivity index (χ4v) is 4.24. The van der Waals surface area contributed by atoms with E-state index in [9.17, 15) is 14.9 Å². The molecule has 1 aromatic heterocycles. The molecule has 0 amide bonds. The Morgan fingerprint density at radius 2 is 2.18 bits per heavy atom. The molecule has 0 radical (unpaired) electrons. The fourth-order valence-electron chi connectivity index (χ4n) is 1.53. The number of halogens is 2. The number of benzene rings is 1. The predicted molar refractivity (Wildman–Crippen MR) is 87.5 cm³/mol. The number of esters is 1.